The summed E-state index contributed by atoms with van der Waals surface area (Å²) in [5.74, 6) is 0. The molecule has 1 aromatic heterocycles. The van der Waals surface area contributed by atoms with Crippen LogP contribution in [0.15, 0.2) is 72.1 Å². The van der Waals surface area contributed by atoms with E-state index in [1.54, 1.807) is 11.3 Å². The molecule has 1 heterocycles. The van der Waals surface area contributed by atoms with E-state index in [1.807, 2.05) is 12.1 Å². The summed E-state index contributed by atoms with van der Waals surface area (Å²) >= 11 is 7.31. The van der Waals surface area contributed by atoms with Gasteiger partial charge in [0, 0.05) is 10.6 Å². The Morgan fingerprint density at radius 2 is 1.75 bits per heavy atom. The summed E-state index contributed by atoms with van der Waals surface area (Å²) in [6.45, 7) is 2.15. The third kappa shape index (κ3) is 4.02. The molecule has 0 bridgehead atoms. The average molecular weight is 353 g/mol. The molecule has 3 rings (SSSR count). The number of benzene rings is 2. The van der Waals surface area contributed by atoms with Crippen molar-refractivity contribution in [2.45, 2.75) is 19.4 Å². The highest BCUT2D eigenvalue weighted by Gasteiger charge is 2.16. The van der Waals surface area contributed by atoms with Crippen LogP contribution in [0.25, 0.3) is 0 Å². The predicted molar refractivity (Wildman–Crippen MR) is 108 cm³/mol. The Kier molecular flexibility index (Phi) is 5.62. The number of thiophene rings is 1. The fourth-order valence-corrected chi connectivity index (χ4v) is 3.69. The van der Waals surface area contributed by atoms with E-state index in [4.69, 9.17) is 12.2 Å². The van der Waals surface area contributed by atoms with Gasteiger partial charge in [-0.15, -0.1) is 11.3 Å². The van der Waals surface area contributed by atoms with Crippen molar-refractivity contribution in [1.82, 2.24) is 5.32 Å². The molecule has 1 atom stereocenters. The van der Waals surface area contributed by atoms with Gasteiger partial charge in [-0.1, -0.05) is 61.5 Å². The van der Waals surface area contributed by atoms with Gasteiger partial charge in [-0.3, -0.25) is 0 Å². The van der Waals surface area contributed by atoms with Crippen LogP contribution in [0, 0.1) is 0 Å². The van der Waals surface area contributed by atoms with Gasteiger partial charge in [-0.25, -0.2) is 0 Å². The van der Waals surface area contributed by atoms with Crippen molar-refractivity contribution in [2.75, 3.05) is 5.32 Å². The first-order valence-electron chi connectivity index (χ1n) is 8.01. The second-order valence-corrected chi connectivity index (χ2v) is 6.86. The zero-order chi connectivity index (χ0) is 16.8. The molecule has 0 saturated carbocycles. The number of anilines is 1. The van der Waals surface area contributed by atoms with E-state index in [0.717, 1.165) is 12.1 Å². The Labute approximate surface area is 152 Å². The minimum Gasteiger partial charge on any atom is -0.351 e. The number of rotatable bonds is 5. The molecule has 2 N–H and O–H groups in total. The summed E-state index contributed by atoms with van der Waals surface area (Å²) in [5.41, 5.74) is 3.53. The molecule has 4 heteroatoms. The molecule has 0 aliphatic rings. The van der Waals surface area contributed by atoms with Crippen molar-refractivity contribution >= 4 is 34.4 Å². The molecular formula is C20H20N2S2. The van der Waals surface area contributed by atoms with Gasteiger partial charge in [0.2, 0.25) is 0 Å². The van der Waals surface area contributed by atoms with Crippen molar-refractivity contribution in [3.8, 4) is 0 Å². The lowest BCUT2D eigenvalue weighted by Crippen LogP contribution is -2.32. The van der Waals surface area contributed by atoms with Gasteiger partial charge < -0.3 is 10.6 Å². The van der Waals surface area contributed by atoms with Crippen LogP contribution >= 0.6 is 23.6 Å². The van der Waals surface area contributed by atoms with Crippen LogP contribution < -0.4 is 10.6 Å². The third-order valence-electron chi connectivity index (χ3n) is 3.88. The summed E-state index contributed by atoms with van der Waals surface area (Å²) in [7, 11) is 0. The zero-order valence-electron chi connectivity index (χ0n) is 13.5. The average Bonchev–Trinajstić information content (AvgIpc) is 3.15. The highest BCUT2D eigenvalue weighted by Crippen LogP contribution is 2.26. The van der Waals surface area contributed by atoms with Crippen LogP contribution in [0.5, 0.6) is 0 Å². The van der Waals surface area contributed by atoms with Gasteiger partial charge in [0.15, 0.2) is 5.11 Å². The fraction of sp³-hybridized carbons (Fsp3) is 0.150. The second-order valence-electron chi connectivity index (χ2n) is 5.47. The number of aryl methyl sites for hydroxylation is 1. The van der Waals surface area contributed by atoms with Gasteiger partial charge in [0.1, 0.15) is 0 Å². The Morgan fingerprint density at radius 3 is 2.46 bits per heavy atom. The Morgan fingerprint density at radius 1 is 1.00 bits per heavy atom. The van der Waals surface area contributed by atoms with Crippen molar-refractivity contribution in [3.63, 3.8) is 0 Å². The molecule has 0 spiro atoms. The van der Waals surface area contributed by atoms with E-state index in [2.05, 4.69) is 77.5 Å². The lowest BCUT2D eigenvalue weighted by molar-refractivity contribution is 0.784. The van der Waals surface area contributed by atoms with Gasteiger partial charge in [0.05, 0.1) is 6.04 Å². The Balaban J connectivity index is 1.79. The van der Waals surface area contributed by atoms with Crippen molar-refractivity contribution < 1.29 is 0 Å². The summed E-state index contributed by atoms with van der Waals surface area (Å²) < 4.78 is 0. The van der Waals surface area contributed by atoms with Gasteiger partial charge >= 0.3 is 0 Å². The molecule has 24 heavy (non-hydrogen) atoms. The fourth-order valence-electron chi connectivity index (χ4n) is 2.66. The summed E-state index contributed by atoms with van der Waals surface area (Å²) in [5, 5.41) is 9.55. The molecule has 0 radical (unpaired) electrons. The second kappa shape index (κ2) is 8.08. The normalized spacial score (nSPS) is 11.7. The van der Waals surface area contributed by atoms with Gasteiger partial charge in [-0.05, 0) is 47.3 Å². The topological polar surface area (TPSA) is 24.1 Å². The van der Waals surface area contributed by atoms with Crippen LogP contribution in [-0.2, 0) is 6.42 Å². The van der Waals surface area contributed by atoms with Crippen LogP contribution in [0.2, 0.25) is 0 Å². The van der Waals surface area contributed by atoms with Gasteiger partial charge in [0.25, 0.3) is 0 Å². The van der Waals surface area contributed by atoms with E-state index >= 15 is 0 Å². The lowest BCUT2D eigenvalue weighted by Gasteiger charge is -2.21. The molecule has 0 aliphatic carbocycles. The number of hydrogen-bond acceptors (Lipinski definition) is 2. The van der Waals surface area contributed by atoms with Crippen molar-refractivity contribution in [3.05, 3.63) is 88.1 Å². The van der Waals surface area contributed by atoms with E-state index in [0.29, 0.717) is 5.11 Å². The van der Waals surface area contributed by atoms with Crippen molar-refractivity contribution in [1.29, 1.82) is 0 Å². The maximum absolute atomic E-state index is 5.58. The number of hydrogen-bond donors (Lipinski definition) is 2. The Hall–Kier alpha value is -2.17. The highest BCUT2D eigenvalue weighted by molar-refractivity contribution is 7.80. The SMILES string of the molecule is CCc1ccccc1NC(=S)N[C@H](c1ccccc1)c1cccs1. The van der Waals surface area contributed by atoms with Crippen LogP contribution in [0.4, 0.5) is 5.69 Å². The standard InChI is InChI=1S/C20H20N2S2/c1-2-15-9-6-7-12-17(15)21-20(23)22-19(18-13-8-14-24-18)16-10-4-3-5-11-16/h3-14,19H,2H2,1H3,(H2,21,22,23)/t19-/m1/s1. The molecule has 2 aromatic carbocycles. The molecule has 0 fully saturated rings. The smallest absolute Gasteiger partial charge is 0.171 e. The molecule has 0 unspecified atom stereocenters. The quantitative estimate of drug-likeness (QED) is 0.602. The molecule has 2 nitrogen and oxygen atoms in total. The maximum atomic E-state index is 5.58. The van der Waals surface area contributed by atoms with Crippen LogP contribution in [-0.4, -0.2) is 5.11 Å². The number of nitrogens with one attached hydrogen (secondary N) is 2. The van der Waals surface area contributed by atoms with E-state index in [9.17, 15) is 0 Å². The molecule has 122 valence electrons. The molecule has 0 saturated heterocycles. The first-order chi connectivity index (χ1) is 11.8. The molecular weight excluding hydrogens is 332 g/mol. The van der Waals surface area contributed by atoms with Crippen LogP contribution in [0.1, 0.15) is 29.0 Å². The Bertz CT molecular complexity index is 782. The minimum atomic E-state index is 0.0555. The number of thiocarbonyl (C=S) groups is 1. The molecule has 0 aliphatic heterocycles. The first kappa shape index (κ1) is 16.7. The van der Waals surface area contributed by atoms with Crippen LogP contribution in [0.3, 0.4) is 0 Å². The first-order valence-corrected chi connectivity index (χ1v) is 9.30. The summed E-state index contributed by atoms with van der Waals surface area (Å²) in [6.07, 6.45) is 0.971. The molecule has 3 aromatic rings. The third-order valence-corrected chi connectivity index (χ3v) is 5.04. The van der Waals surface area contributed by atoms with E-state index in [-0.39, 0.29) is 6.04 Å². The lowest BCUT2D eigenvalue weighted by atomic mass is 10.1. The molecule has 0 amide bonds. The van der Waals surface area contributed by atoms with E-state index < -0.39 is 0 Å². The highest BCUT2D eigenvalue weighted by atomic mass is 32.1. The summed E-state index contributed by atoms with van der Waals surface area (Å²) in [6, 6.07) is 22.9. The minimum absolute atomic E-state index is 0.0555. The number of para-hydroxylation sites is 1. The predicted octanol–water partition coefficient (Wildman–Crippen LogP) is 5.39. The maximum Gasteiger partial charge on any atom is 0.171 e. The monoisotopic (exact) mass is 352 g/mol. The largest absolute Gasteiger partial charge is 0.351 e. The zero-order valence-corrected chi connectivity index (χ0v) is 15.2. The van der Waals surface area contributed by atoms with Crippen molar-refractivity contribution in [2.24, 2.45) is 0 Å². The van der Waals surface area contributed by atoms with E-state index in [1.165, 1.54) is 16.0 Å². The van der Waals surface area contributed by atoms with Gasteiger partial charge in [-0.2, -0.15) is 0 Å². The summed E-state index contributed by atoms with van der Waals surface area (Å²) in [4.78, 5) is 1.24.